The highest BCUT2D eigenvalue weighted by Gasteiger charge is 2.29. The molecule has 1 atom stereocenters. The molecule has 1 aliphatic heterocycles. The molecule has 1 saturated heterocycles. The standard InChI is InChI=1S/C13H25F3N2O/c1-11(3-2-10-19)17-12-4-7-18(8-5-12)9-6-13(14,15)16/h11-12,17,19H,2-10H2,1H3. The Morgan fingerprint density at radius 1 is 1.32 bits per heavy atom. The van der Waals surface area contributed by atoms with E-state index in [4.69, 9.17) is 5.11 Å². The Morgan fingerprint density at radius 3 is 2.47 bits per heavy atom. The molecular formula is C13H25F3N2O. The zero-order valence-electron chi connectivity index (χ0n) is 11.5. The summed E-state index contributed by atoms with van der Waals surface area (Å²) in [6.45, 7) is 3.89. The smallest absolute Gasteiger partial charge is 0.390 e. The van der Waals surface area contributed by atoms with Crippen molar-refractivity contribution in [3.05, 3.63) is 0 Å². The van der Waals surface area contributed by atoms with Crippen molar-refractivity contribution >= 4 is 0 Å². The van der Waals surface area contributed by atoms with Crippen LogP contribution in [0.15, 0.2) is 0 Å². The van der Waals surface area contributed by atoms with Crippen LogP contribution in [0.2, 0.25) is 0 Å². The van der Waals surface area contributed by atoms with Crippen molar-refractivity contribution in [1.82, 2.24) is 10.2 Å². The normalized spacial score (nSPS) is 20.7. The number of aliphatic hydroxyl groups is 1. The number of nitrogens with zero attached hydrogens (tertiary/aromatic N) is 1. The van der Waals surface area contributed by atoms with Crippen LogP contribution in [-0.4, -0.2) is 54.5 Å². The molecule has 6 heteroatoms. The summed E-state index contributed by atoms with van der Waals surface area (Å²) >= 11 is 0. The fourth-order valence-corrected chi connectivity index (χ4v) is 2.49. The number of likely N-dealkylation sites (tertiary alicyclic amines) is 1. The quantitative estimate of drug-likeness (QED) is 0.751. The minimum atomic E-state index is -4.05. The molecular weight excluding hydrogens is 257 g/mol. The van der Waals surface area contributed by atoms with Gasteiger partial charge in [-0.05, 0) is 45.7 Å². The summed E-state index contributed by atoms with van der Waals surface area (Å²) in [4.78, 5) is 1.89. The lowest BCUT2D eigenvalue weighted by Crippen LogP contribution is -2.46. The number of rotatable bonds is 7. The average molecular weight is 282 g/mol. The van der Waals surface area contributed by atoms with Gasteiger partial charge in [-0.2, -0.15) is 13.2 Å². The third-order valence-electron chi connectivity index (χ3n) is 3.61. The third kappa shape index (κ3) is 7.74. The molecule has 0 bridgehead atoms. The van der Waals surface area contributed by atoms with E-state index in [-0.39, 0.29) is 13.2 Å². The highest BCUT2D eigenvalue weighted by atomic mass is 19.4. The average Bonchev–Trinajstić information content (AvgIpc) is 2.34. The highest BCUT2D eigenvalue weighted by molar-refractivity contribution is 4.79. The van der Waals surface area contributed by atoms with E-state index in [2.05, 4.69) is 12.2 Å². The molecule has 0 aromatic rings. The number of hydrogen-bond donors (Lipinski definition) is 2. The zero-order chi connectivity index (χ0) is 14.3. The molecule has 0 aromatic heterocycles. The zero-order valence-corrected chi connectivity index (χ0v) is 11.5. The maximum atomic E-state index is 12.1. The van der Waals surface area contributed by atoms with Crippen LogP contribution in [0.5, 0.6) is 0 Å². The maximum absolute atomic E-state index is 12.1. The molecule has 1 unspecified atom stereocenters. The van der Waals surface area contributed by atoms with Crippen LogP contribution in [0.4, 0.5) is 13.2 Å². The van der Waals surface area contributed by atoms with E-state index in [9.17, 15) is 13.2 Å². The molecule has 2 N–H and O–H groups in total. The predicted octanol–water partition coefficient (Wildman–Crippen LogP) is 2.15. The molecule has 1 heterocycles. The van der Waals surface area contributed by atoms with Crippen LogP contribution >= 0.6 is 0 Å². The fraction of sp³-hybridized carbons (Fsp3) is 1.00. The Hall–Kier alpha value is -0.330. The summed E-state index contributed by atoms with van der Waals surface area (Å²) < 4.78 is 36.4. The molecule has 0 aliphatic carbocycles. The molecule has 0 saturated carbocycles. The van der Waals surface area contributed by atoms with Crippen LogP contribution in [0.1, 0.15) is 39.0 Å². The van der Waals surface area contributed by atoms with E-state index < -0.39 is 12.6 Å². The molecule has 114 valence electrons. The first-order chi connectivity index (χ1) is 8.90. The molecule has 0 spiro atoms. The predicted molar refractivity (Wildman–Crippen MR) is 69.1 cm³/mol. The first-order valence-corrected chi connectivity index (χ1v) is 7.06. The molecule has 1 rings (SSSR count). The van der Waals surface area contributed by atoms with E-state index in [0.29, 0.717) is 12.1 Å². The van der Waals surface area contributed by atoms with Crippen molar-refractivity contribution in [3.63, 3.8) is 0 Å². The van der Waals surface area contributed by atoms with Gasteiger partial charge in [0.1, 0.15) is 0 Å². The maximum Gasteiger partial charge on any atom is 0.390 e. The van der Waals surface area contributed by atoms with E-state index in [1.165, 1.54) is 0 Å². The van der Waals surface area contributed by atoms with Gasteiger partial charge >= 0.3 is 6.18 Å². The summed E-state index contributed by atoms with van der Waals surface area (Å²) in [5.74, 6) is 0. The lowest BCUT2D eigenvalue weighted by atomic mass is 10.0. The van der Waals surface area contributed by atoms with Crippen LogP contribution in [-0.2, 0) is 0 Å². The number of alkyl halides is 3. The Balaban J connectivity index is 2.14. The van der Waals surface area contributed by atoms with Gasteiger partial charge in [-0.25, -0.2) is 0 Å². The minimum Gasteiger partial charge on any atom is -0.396 e. The van der Waals surface area contributed by atoms with Crippen molar-refractivity contribution in [1.29, 1.82) is 0 Å². The monoisotopic (exact) mass is 282 g/mol. The van der Waals surface area contributed by atoms with Gasteiger partial charge in [0, 0.05) is 25.2 Å². The number of halogens is 3. The summed E-state index contributed by atoms with van der Waals surface area (Å²) in [6, 6.07) is 0.759. The van der Waals surface area contributed by atoms with Crippen molar-refractivity contribution in [2.24, 2.45) is 0 Å². The molecule has 0 aromatic carbocycles. The SMILES string of the molecule is CC(CCCO)NC1CCN(CCC(F)(F)F)CC1. The number of nitrogens with one attached hydrogen (secondary N) is 1. The van der Waals surface area contributed by atoms with Crippen LogP contribution in [0, 0.1) is 0 Å². The number of aliphatic hydroxyl groups excluding tert-OH is 1. The van der Waals surface area contributed by atoms with E-state index in [1.54, 1.807) is 0 Å². The molecule has 19 heavy (non-hydrogen) atoms. The second-order valence-electron chi connectivity index (χ2n) is 5.41. The summed E-state index contributed by atoms with van der Waals surface area (Å²) in [6.07, 6.45) is -1.22. The van der Waals surface area contributed by atoms with Gasteiger partial charge in [0.25, 0.3) is 0 Å². The fourth-order valence-electron chi connectivity index (χ4n) is 2.49. The van der Waals surface area contributed by atoms with E-state index in [1.807, 2.05) is 4.90 Å². The van der Waals surface area contributed by atoms with Crippen molar-refractivity contribution in [2.45, 2.75) is 57.3 Å². The van der Waals surface area contributed by atoms with Gasteiger partial charge in [0.15, 0.2) is 0 Å². The van der Waals surface area contributed by atoms with E-state index >= 15 is 0 Å². The van der Waals surface area contributed by atoms with Gasteiger partial charge in [0.05, 0.1) is 6.42 Å². The molecule has 0 amide bonds. The topological polar surface area (TPSA) is 35.5 Å². The molecule has 3 nitrogen and oxygen atoms in total. The summed E-state index contributed by atoms with van der Waals surface area (Å²) in [5.41, 5.74) is 0. The molecule has 1 fully saturated rings. The van der Waals surface area contributed by atoms with Gasteiger partial charge < -0.3 is 15.3 Å². The van der Waals surface area contributed by atoms with Crippen molar-refractivity contribution in [2.75, 3.05) is 26.2 Å². The van der Waals surface area contributed by atoms with Crippen molar-refractivity contribution in [3.8, 4) is 0 Å². The Labute approximate surface area is 113 Å². The van der Waals surface area contributed by atoms with Gasteiger partial charge in [-0.3, -0.25) is 0 Å². The molecule has 0 radical (unpaired) electrons. The van der Waals surface area contributed by atoms with Crippen LogP contribution in [0.3, 0.4) is 0 Å². The van der Waals surface area contributed by atoms with Crippen LogP contribution < -0.4 is 5.32 Å². The van der Waals surface area contributed by atoms with Gasteiger partial charge in [0.2, 0.25) is 0 Å². The Morgan fingerprint density at radius 2 is 1.95 bits per heavy atom. The Bertz CT molecular complexity index is 241. The van der Waals surface area contributed by atoms with E-state index in [0.717, 1.165) is 38.8 Å². The number of piperidine rings is 1. The number of hydrogen-bond acceptors (Lipinski definition) is 3. The second-order valence-corrected chi connectivity index (χ2v) is 5.41. The lowest BCUT2D eigenvalue weighted by Gasteiger charge is -2.34. The third-order valence-corrected chi connectivity index (χ3v) is 3.61. The van der Waals surface area contributed by atoms with Crippen molar-refractivity contribution < 1.29 is 18.3 Å². The first kappa shape index (κ1) is 16.7. The lowest BCUT2D eigenvalue weighted by molar-refractivity contribution is -0.138. The first-order valence-electron chi connectivity index (χ1n) is 7.06. The van der Waals surface area contributed by atoms with Gasteiger partial charge in [-0.1, -0.05) is 0 Å². The molecule has 1 aliphatic rings. The summed E-state index contributed by atoms with van der Waals surface area (Å²) in [7, 11) is 0. The largest absolute Gasteiger partial charge is 0.396 e. The highest BCUT2D eigenvalue weighted by Crippen LogP contribution is 2.21. The van der Waals surface area contributed by atoms with Gasteiger partial charge in [-0.15, -0.1) is 0 Å². The van der Waals surface area contributed by atoms with Crippen LogP contribution in [0.25, 0.3) is 0 Å². The Kier molecular flexibility index (Phi) is 7.10. The summed E-state index contributed by atoms with van der Waals surface area (Å²) in [5, 5.41) is 12.2. The minimum absolute atomic E-state index is 0.121. The second kappa shape index (κ2) is 8.07.